The average Bonchev–Trinajstić information content (AvgIpc) is 2.69. The highest BCUT2D eigenvalue weighted by molar-refractivity contribution is 5.99. The van der Waals surface area contributed by atoms with Gasteiger partial charge in [0.05, 0.1) is 19.4 Å². The van der Waals surface area contributed by atoms with E-state index < -0.39 is 12.6 Å². The smallest absolute Gasteiger partial charge is 0.341 e. The standard InChI is InChI=1S/C19H21N3O5/c1-13(14-5-3-8-17(9-14)27-12-19(24)25)21-22-18(23)11-20-15-6-4-7-16(10-15)26-2/h3-10,20H,11-12H2,1-2H3,(H,22,23)(H,24,25)/b21-13-. The molecule has 0 radical (unpaired) electrons. The first-order valence-electron chi connectivity index (χ1n) is 8.14. The maximum absolute atomic E-state index is 11.9. The quantitative estimate of drug-likeness (QED) is 0.460. The molecule has 1 amide bonds. The zero-order valence-electron chi connectivity index (χ0n) is 15.1. The van der Waals surface area contributed by atoms with Crippen molar-refractivity contribution < 1.29 is 24.2 Å². The number of nitrogens with zero attached hydrogens (tertiary/aromatic N) is 1. The van der Waals surface area contributed by atoms with Crippen LogP contribution in [-0.2, 0) is 9.59 Å². The van der Waals surface area contributed by atoms with Crippen molar-refractivity contribution in [3.63, 3.8) is 0 Å². The van der Waals surface area contributed by atoms with E-state index in [2.05, 4.69) is 15.8 Å². The molecule has 0 aliphatic rings. The molecule has 0 atom stereocenters. The molecule has 2 aromatic rings. The molecule has 0 aliphatic heterocycles. The zero-order valence-corrected chi connectivity index (χ0v) is 15.1. The molecule has 27 heavy (non-hydrogen) atoms. The van der Waals surface area contributed by atoms with E-state index in [0.717, 1.165) is 5.69 Å². The van der Waals surface area contributed by atoms with Gasteiger partial charge in [0, 0.05) is 17.3 Å². The molecule has 0 saturated heterocycles. The molecule has 2 rings (SSSR count). The van der Waals surface area contributed by atoms with Crippen molar-refractivity contribution in [2.24, 2.45) is 5.10 Å². The van der Waals surface area contributed by atoms with Crippen molar-refractivity contribution in [1.29, 1.82) is 0 Å². The predicted molar refractivity (Wildman–Crippen MR) is 101 cm³/mol. The molecule has 3 N–H and O–H groups in total. The number of benzene rings is 2. The van der Waals surface area contributed by atoms with Gasteiger partial charge in [-0.1, -0.05) is 18.2 Å². The summed E-state index contributed by atoms with van der Waals surface area (Å²) >= 11 is 0. The number of hydrogen-bond acceptors (Lipinski definition) is 6. The second-order valence-electron chi connectivity index (χ2n) is 5.53. The molecule has 8 nitrogen and oxygen atoms in total. The highest BCUT2D eigenvalue weighted by atomic mass is 16.5. The number of ether oxygens (including phenoxy) is 2. The van der Waals surface area contributed by atoms with E-state index in [9.17, 15) is 9.59 Å². The molecule has 0 fully saturated rings. The third kappa shape index (κ3) is 6.69. The molecule has 142 valence electrons. The summed E-state index contributed by atoms with van der Waals surface area (Å²) in [5.74, 6) is -0.258. The highest BCUT2D eigenvalue weighted by Crippen LogP contribution is 2.16. The van der Waals surface area contributed by atoms with E-state index in [1.807, 2.05) is 18.2 Å². The van der Waals surface area contributed by atoms with Crippen LogP contribution in [0.2, 0.25) is 0 Å². The van der Waals surface area contributed by atoms with Crippen LogP contribution in [0.25, 0.3) is 0 Å². The van der Waals surface area contributed by atoms with Gasteiger partial charge in [-0.05, 0) is 31.2 Å². The summed E-state index contributed by atoms with van der Waals surface area (Å²) in [4.78, 5) is 22.5. The number of anilines is 1. The summed E-state index contributed by atoms with van der Waals surface area (Å²) in [5, 5.41) is 15.7. The second kappa shape index (κ2) is 9.81. The Labute approximate surface area is 156 Å². The number of carboxylic acids is 1. The molecule has 0 spiro atoms. The summed E-state index contributed by atoms with van der Waals surface area (Å²) in [6.45, 7) is 1.35. The summed E-state index contributed by atoms with van der Waals surface area (Å²) in [6.07, 6.45) is 0. The first-order valence-corrected chi connectivity index (χ1v) is 8.14. The molecule has 0 saturated carbocycles. The number of amides is 1. The largest absolute Gasteiger partial charge is 0.497 e. The minimum absolute atomic E-state index is 0.0473. The predicted octanol–water partition coefficient (Wildman–Crippen LogP) is 2.11. The van der Waals surface area contributed by atoms with Crippen molar-refractivity contribution >= 4 is 23.3 Å². The van der Waals surface area contributed by atoms with Crippen LogP contribution in [0.15, 0.2) is 53.6 Å². The molecule has 0 aromatic heterocycles. The van der Waals surface area contributed by atoms with Crippen molar-refractivity contribution in [3.8, 4) is 11.5 Å². The molecule has 2 aromatic carbocycles. The molecule has 0 heterocycles. The number of carboxylic acid groups (broad SMARTS) is 1. The third-order valence-corrected chi connectivity index (χ3v) is 3.49. The normalized spacial score (nSPS) is 10.8. The Morgan fingerprint density at radius 1 is 1.11 bits per heavy atom. The lowest BCUT2D eigenvalue weighted by Crippen LogP contribution is -2.26. The van der Waals surface area contributed by atoms with Crippen LogP contribution >= 0.6 is 0 Å². The van der Waals surface area contributed by atoms with Gasteiger partial charge in [-0.3, -0.25) is 4.79 Å². The fraction of sp³-hybridized carbons (Fsp3) is 0.211. The van der Waals surface area contributed by atoms with Crippen LogP contribution in [-0.4, -0.2) is 43.0 Å². The van der Waals surface area contributed by atoms with Crippen molar-refractivity contribution in [3.05, 3.63) is 54.1 Å². The Bertz CT molecular complexity index is 836. The minimum Gasteiger partial charge on any atom is -0.497 e. The van der Waals surface area contributed by atoms with Crippen molar-refractivity contribution in [2.45, 2.75) is 6.92 Å². The summed E-state index contributed by atoms with van der Waals surface area (Å²) in [5.41, 5.74) is 4.50. The van der Waals surface area contributed by atoms with Crippen molar-refractivity contribution in [1.82, 2.24) is 5.43 Å². The Hall–Kier alpha value is -3.55. The van der Waals surface area contributed by atoms with Gasteiger partial charge in [-0.15, -0.1) is 0 Å². The minimum atomic E-state index is -1.05. The maximum atomic E-state index is 11.9. The molecule has 0 unspecified atom stereocenters. The van der Waals surface area contributed by atoms with E-state index in [0.29, 0.717) is 22.8 Å². The average molecular weight is 371 g/mol. The summed E-state index contributed by atoms with van der Waals surface area (Å²) < 4.78 is 10.3. The maximum Gasteiger partial charge on any atom is 0.341 e. The van der Waals surface area contributed by atoms with Gasteiger partial charge in [0.1, 0.15) is 11.5 Å². The Morgan fingerprint density at radius 2 is 1.85 bits per heavy atom. The number of nitrogens with one attached hydrogen (secondary N) is 2. The highest BCUT2D eigenvalue weighted by Gasteiger charge is 2.05. The van der Waals surface area contributed by atoms with E-state index in [4.69, 9.17) is 14.6 Å². The summed E-state index contributed by atoms with van der Waals surface area (Å²) in [6, 6.07) is 14.1. The zero-order chi connectivity index (χ0) is 19.6. The van der Waals surface area contributed by atoms with E-state index in [1.165, 1.54) is 0 Å². The van der Waals surface area contributed by atoms with E-state index >= 15 is 0 Å². The van der Waals surface area contributed by atoms with Gasteiger partial charge in [-0.2, -0.15) is 5.10 Å². The van der Waals surface area contributed by atoms with Gasteiger partial charge in [0.2, 0.25) is 0 Å². The molecule has 8 heteroatoms. The number of carbonyl (C=O) groups is 2. The Kier molecular flexibility index (Phi) is 7.18. The number of methoxy groups -OCH3 is 1. The number of hydrazone groups is 1. The van der Waals surface area contributed by atoms with Gasteiger partial charge in [0.15, 0.2) is 6.61 Å². The second-order valence-corrected chi connectivity index (χ2v) is 5.53. The number of hydrogen-bond donors (Lipinski definition) is 3. The van der Waals surface area contributed by atoms with Crippen LogP contribution < -0.4 is 20.2 Å². The third-order valence-electron chi connectivity index (χ3n) is 3.49. The van der Waals surface area contributed by atoms with Crippen LogP contribution in [0.1, 0.15) is 12.5 Å². The van der Waals surface area contributed by atoms with Gasteiger partial charge >= 0.3 is 5.97 Å². The number of carbonyl (C=O) groups excluding carboxylic acids is 1. The van der Waals surface area contributed by atoms with E-state index in [-0.39, 0.29) is 12.5 Å². The molecule has 0 aliphatic carbocycles. The lowest BCUT2D eigenvalue weighted by atomic mass is 10.1. The van der Waals surface area contributed by atoms with Crippen LogP contribution in [0.3, 0.4) is 0 Å². The Balaban J connectivity index is 1.89. The number of aliphatic carboxylic acids is 1. The topological polar surface area (TPSA) is 109 Å². The Morgan fingerprint density at radius 3 is 2.59 bits per heavy atom. The molecular weight excluding hydrogens is 350 g/mol. The number of rotatable bonds is 9. The van der Waals surface area contributed by atoms with E-state index in [1.54, 1.807) is 44.4 Å². The lowest BCUT2D eigenvalue weighted by Gasteiger charge is -2.08. The van der Waals surface area contributed by atoms with Crippen LogP contribution in [0.5, 0.6) is 11.5 Å². The summed E-state index contributed by atoms with van der Waals surface area (Å²) in [7, 11) is 1.57. The first-order chi connectivity index (χ1) is 13.0. The van der Waals surface area contributed by atoms with Crippen LogP contribution in [0, 0.1) is 0 Å². The fourth-order valence-corrected chi connectivity index (χ4v) is 2.12. The SMILES string of the molecule is COc1cccc(NCC(=O)N/N=C(/C)c2cccc(OCC(=O)O)c2)c1. The monoisotopic (exact) mass is 371 g/mol. The van der Waals surface area contributed by atoms with Crippen molar-refractivity contribution in [2.75, 3.05) is 25.6 Å². The molecular formula is C19H21N3O5. The van der Waals surface area contributed by atoms with Gasteiger partial charge < -0.3 is 19.9 Å². The van der Waals surface area contributed by atoms with Crippen LogP contribution in [0.4, 0.5) is 5.69 Å². The van der Waals surface area contributed by atoms with Gasteiger partial charge in [-0.25, -0.2) is 10.2 Å². The first kappa shape index (κ1) is 19.8. The van der Waals surface area contributed by atoms with Gasteiger partial charge in [0.25, 0.3) is 5.91 Å². The fourth-order valence-electron chi connectivity index (χ4n) is 2.12. The lowest BCUT2D eigenvalue weighted by molar-refractivity contribution is -0.139. The molecule has 0 bridgehead atoms.